The zero-order chi connectivity index (χ0) is 17.9. The topological polar surface area (TPSA) is 68.5 Å². The van der Waals surface area contributed by atoms with Gasteiger partial charge in [0.2, 0.25) is 17.6 Å². The minimum Gasteiger partial charge on any atom is -0.497 e. The van der Waals surface area contributed by atoms with Crippen molar-refractivity contribution >= 4 is 17.2 Å². The summed E-state index contributed by atoms with van der Waals surface area (Å²) in [6.45, 7) is 1.49. The molecule has 0 spiro atoms. The van der Waals surface area contributed by atoms with E-state index in [9.17, 15) is 4.79 Å². The summed E-state index contributed by atoms with van der Waals surface area (Å²) in [5.74, 6) is 1.91. The molecule has 0 saturated heterocycles. The second-order valence-electron chi connectivity index (χ2n) is 6.17. The second-order valence-corrected chi connectivity index (χ2v) is 7.18. The number of ether oxygens (including phenoxy) is 1. The normalized spacial score (nSPS) is 13.5. The molecule has 6 nitrogen and oxygen atoms in total. The van der Waals surface area contributed by atoms with Crippen molar-refractivity contribution in [3.05, 3.63) is 52.0 Å². The smallest absolute Gasteiger partial charge is 0.227 e. The molecule has 0 unspecified atom stereocenters. The number of thiophene rings is 1. The van der Waals surface area contributed by atoms with Gasteiger partial charge in [0.25, 0.3) is 0 Å². The van der Waals surface area contributed by atoms with Crippen LogP contribution in [0.3, 0.4) is 0 Å². The Morgan fingerprint density at radius 1 is 1.31 bits per heavy atom. The first kappa shape index (κ1) is 16.8. The van der Waals surface area contributed by atoms with Gasteiger partial charge in [0.05, 0.1) is 7.11 Å². The number of rotatable bonds is 5. The predicted molar refractivity (Wildman–Crippen MR) is 98.0 cm³/mol. The van der Waals surface area contributed by atoms with Gasteiger partial charge in [0, 0.05) is 36.4 Å². The summed E-state index contributed by atoms with van der Waals surface area (Å²) < 4.78 is 10.4. The molecular formula is C19H19N3O3S. The number of aromatic nitrogens is 2. The fourth-order valence-corrected chi connectivity index (χ4v) is 3.94. The van der Waals surface area contributed by atoms with Crippen LogP contribution in [0.4, 0.5) is 0 Å². The van der Waals surface area contributed by atoms with Gasteiger partial charge in [0.1, 0.15) is 5.75 Å². The standard InChI is InChI=1S/C19H19N3O3S/c1-24-15-4-2-13(3-5-15)19-20-17(25-21-19)6-7-18(23)22-10-8-16-14(12-22)9-11-26-16/h2-5,9,11H,6-8,10,12H2,1H3. The van der Waals surface area contributed by atoms with Crippen molar-refractivity contribution < 1.29 is 14.1 Å². The third-order valence-corrected chi connectivity index (χ3v) is 5.55. The van der Waals surface area contributed by atoms with Gasteiger partial charge in [-0.15, -0.1) is 11.3 Å². The number of benzene rings is 1. The average molecular weight is 369 g/mol. The number of hydrogen-bond donors (Lipinski definition) is 0. The molecule has 4 rings (SSSR count). The Morgan fingerprint density at radius 3 is 2.96 bits per heavy atom. The molecule has 0 saturated carbocycles. The van der Waals surface area contributed by atoms with Crippen LogP contribution in [0.15, 0.2) is 40.2 Å². The van der Waals surface area contributed by atoms with Gasteiger partial charge in [-0.1, -0.05) is 5.16 Å². The van der Waals surface area contributed by atoms with Crippen LogP contribution in [-0.4, -0.2) is 34.6 Å². The van der Waals surface area contributed by atoms with Crippen LogP contribution in [0, 0.1) is 0 Å². The van der Waals surface area contributed by atoms with E-state index in [-0.39, 0.29) is 5.91 Å². The average Bonchev–Trinajstić information content (AvgIpc) is 3.35. The molecule has 0 N–H and O–H groups in total. The summed E-state index contributed by atoms with van der Waals surface area (Å²) in [4.78, 5) is 20.2. The first-order chi connectivity index (χ1) is 12.7. The molecule has 0 bridgehead atoms. The number of amides is 1. The Kier molecular flexibility index (Phi) is 4.71. The van der Waals surface area contributed by atoms with Gasteiger partial charge in [-0.25, -0.2) is 0 Å². The van der Waals surface area contributed by atoms with Crippen molar-refractivity contribution in [2.24, 2.45) is 0 Å². The molecule has 1 aromatic carbocycles. The number of aryl methyl sites for hydroxylation is 1. The van der Waals surface area contributed by atoms with Crippen molar-refractivity contribution in [1.29, 1.82) is 0 Å². The van der Waals surface area contributed by atoms with Crippen molar-refractivity contribution in [3.8, 4) is 17.1 Å². The molecular weight excluding hydrogens is 350 g/mol. The van der Waals surface area contributed by atoms with Crippen LogP contribution in [0.25, 0.3) is 11.4 Å². The highest BCUT2D eigenvalue weighted by molar-refractivity contribution is 7.10. The van der Waals surface area contributed by atoms with E-state index in [0.717, 1.165) is 24.3 Å². The van der Waals surface area contributed by atoms with E-state index in [4.69, 9.17) is 9.26 Å². The second kappa shape index (κ2) is 7.29. The molecule has 2 aromatic heterocycles. The van der Waals surface area contributed by atoms with Gasteiger partial charge in [-0.3, -0.25) is 4.79 Å². The van der Waals surface area contributed by atoms with E-state index in [2.05, 4.69) is 21.6 Å². The van der Waals surface area contributed by atoms with Crippen molar-refractivity contribution in [3.63, 3.8) is 0 Å². The Balaban J connectivity index is 1.35. The minimum absolute atomic E-state index is 0.131. The summed E-state index contributed by atoms with van der Waals surface area (Å²) in [5.41, 5.74) is 2.13. The van der Waals surface area contributed by atoms with Crippen molar-refractivity contribution in [2.45, 2.75) is 25.8 Å². The molecule has 3 heterocycles. The Morgan fingerprint density at radius 2 is 2.15 bits per heavy atom. The van der Waals surface area contributed by atoms with Crippen LogP contribution >= 0.6 is 11.3 Å². The lowest BCUT2D eigenvalue weighted by Crippen LogP contribution is -2.35. The van der Waals surface area contributed by atoms with E-state index < -0.39 is 0 Å². The number of methoxy groups -OCH3 is 1. The van der Waals surface area contributed by atoms with Gasteiger partial charge in [0.15, 0.2) is 0 Å². The maximum absolute atomic E-state index is 12.5. The summed E-state index contributed by atoms with van der Waals surface area (Å²) >= 11 is 1.77. The first-order valence-corrected chi connectivity index (χ1v) is 9.41. The Hall–Kier alpha value is -2.67. The SMILES string of the molecule is COc1ccc(-c2noc(CCC(=O)N3CCc4sccc4C3)n2)cc1. The minimum atomic E-state index is 0.131. The maximum atomic E-state index is 12.5. The lowest BCUT2D eigenvalue weighted by Gasteiger charge is -2.26. The molecule has 3 aromatic rings. The fraction of sp³-hybridized carbons (Fsp3) is 0.316. The van der Waals surface area contributed by atoms with Crippen LogP contribution in [0.2, 0.25) is 0 Å². The number of carbonyl (C=O) groups excluding carboxylic acids is 1. The summed E-state index contributed by atoms with van der Waals surface area (Å²) in [6.07, 6.45) is 1.78. The zero-order valence-electron chi connectivity index (χ0n) is 14.5. The third kappa shape index (κ3) is 3.48. The largest absolute Gasteiger partial charge is 0.497 e. The van der Waals surface area contributed by atoms with E-state index >= 15 is 0 Å². The first-order valence-electron chi connectivity index (χ1n) is 8.53. The lowest BCUT2D eigenvalue weighted by molar-refractivity contribution is -0.132. The molecule has 0 radical (unpaired) electrons. The van der Waals surface area contributed by atoms with E-state index in [1.807, 2.05) is 29.2 Å². The molecule has 7 heteroatoms. The monoisotopic (exact) mass is 369 g/mol. The molecule has 0 atom stereocenters. The Bertz CT molecular complexity index is 901. The summed E-state index contributed by atoms with van der Waals surface area (Å²) in [6, 6.07) is 9.57. The van der Waals surface area contributed by atoms with Crippen LogP contribution in [-0.2, 0) is 24.2 Å². The van der Waals surface area contributed by atoms with Crippen LogP contribution in [0.1, 0.15) is 22.8 Å². The highest BCUT2D eigenvalue weighted by Crippen LogP contribution is 2.25. The Labute approximate surface area is 155 Å². The predicted octanol–water partition coefficient (Wildman–Crippen LogP) is 3.32. The molecule has 0 fully saturated rings. The lowest BCUT2D eigenvalue weighted by atomic mass is 10.1. The molecule has 26 heavy (non-hydrogen) atoms. The van der Waals surface area contributed by atoms with Crippen LogP contribution < -0.4 is 4.74 Å². The fourth-order valence-electron chi connectivity index (χ4n) is 3.05. The van der Waals surface area contributed by atoms with Gasteiger partial charge >= 0.3 is 0 Å². The molecule has 1 aliphatic heterocycles. The molecule has 1 amide bonds. The van der Waals surface area contributed by atoms with E-state index in [1.165, 1.54) is 10.4 Å². The number of carbonyl (C=O) groups is 1. The number of fused-ring (bicyclic) bond motifs is 1. The quantitative estimate of drug-likeness (QED) is 0.690. The van der Waals surface area contributed by atoms with Crippen molar-refractivity contribution in [2.75, 3.05) is 13.7 Å². The van der Waals surface area contributed by atoms with Gasteiger partial charge in [-0.2, -0.15) is 4.98 Å². The van der Waals surface area contributed by atoms with Gasteiger partial charge in [-0.05, 0) is 47.7 Å². The maximum Gasteiger partial charge on any atom is 0.227 e. The highest BCUT2D eigenvalue weighted by atomic mass is 32.1. The molecule has 1 aliphatic rings. The number of nitrogens with zero attached hydrogens (tertiary/aromatic N) is 3. The summed E-state index contributed by atoms with van der Waals surface area (Å²) in [5, 5.41) is 6.10. The van der Waals surface area contributed by atoms with Gasteiger partial charge < -0.3 is 14.2 Å². The third-order valence-electron chi connectivity index (χ3n) is 4.53. The molecule has 0 aliphatic carbocycles. The number of hydrogen-bond acceptors (Lipinski definition) is 6. The van der Waals surface area contributed by atoms with Crippen LogP contribution in [0.5, 0.6) is 5.75 Å². The van der Waals surface area contributed by atoms with E-state index in [1.54, 1.807) is 18.4 Å². The zero-order valence-corrected chi connectivity index (χ0v) is 15.3. The summed E-state index contributed by atoms with van der Waals surface area (Å²) in [7, 11) is 1.62. The van der Waals surface area contributed by atoms with Crippen molar-refractivity contribution in [1.82, 2.24) is 15.0 Å². The molecule has 134 valence electrons. The van der Waals surface area contributed by atoms with E-state index in [0.29, 0.717) is 31.1 Å². The highest BCUT2D eigenvalue weighted by Gasteiger charge is 2.22.